The van der Waals surface area contributed by atoms with Gasteiger partial charge in [-0.1, -0.05) is 13.8 Å². The quantitative estimate of drug-likeness (QED) is 0.594. The Bertz CT molecular complexity index is 682. The van der Waals surface area contributed by atoms with Crippen molar-refractivity contribution in [2.24, 2.45) is 11.8 Å². The molecular weight excluding hydrogens is 336 g/mol. The molecule has 0 aromatic heterocycles. The average molecular weight is 362 g/mol. The van der Waals surface area contributed by atoms with E-state index >= 15 is 0 Å². The van der Waals surface area contributed by atoms with Gasteiger partial charge in [-0.2, -0.15) is 0 Å². The first-order valence-electron chi connectivity index (χ1n) is 8.90. The van der Waals surface area contributed by atoms with E-state index in [1.807, 2.05) is 4.90 Å². The SMILES string of the molecule is CCNC(=O)CNC(=O)c1ccc(N2CC(C)CC(C)C2)c([N+](=O)[O-])c1. The van der Waals surface area contributed by atoms with Crippen LogP contribution < -0.4 is 15.5 Å². The van der Waals surface area contributed by atoms with Gasteiger partial charge in [0.05, 0.1) is 11.5 Å². The number of nitrogens with one attached hydrogen (secondary N) is 2. The molecule has 1 aromatic carbocycles. The Morgan fingerprint density at radius 2 is 1.88 bits per heavy atom. The summed E-state index contributed by atoms with van der Waals surface area (Å²) in [4.78, 5) is 36.7. The highest BCUT2D eigenvalue weighted by Crippen LogP contribution is 2.33. The molecule has 2 amide bonds. The monoisotopic (exact) mass is 362 g/mol. The Labute approximate surface area is 153 Å². The van der Waals surface area contributed by atoms with Crippen molar-refractivity contribution >= 4 is 23.2 Å². The van der Waals surface area contributed by atoms with Crippen LogP contribution in [0, 0.1) is 22.0 Å². The Kier molecular flexibility index (Phi) is 6.54. The van der Waals surface area contributed by atoms with Gasteiger partial charge < -0.3 is 15.5 Å². The molecule has 8 heteroatoms. The average Bonchev–Trinajstić information content (AvgIpc) is 2.58. The molecular formula is C18H26N4O4. The van der Waals surface area contributed by atoms with Gasteiger partial charge in [-0.15, -0.1) is 0 Å². The lowest BCUT2D eigenvalue weighted by Crippen LogP contribution is -2.39. The van der Waals surface area contributed by atoms with Crippen molar-refractivity contribution in [3.63, 3.8) is 0 Å². The Morgan fingerprint density at radius 3 is 2.46 bits per heavy atom. The van der Waals surface area contributed by atoms with E-state index in [1.165, 1.54) is 6.07 Å². The van der Waals surface area contributed by atoms with Gasteiger partial charge in [0.2, 0.25) is 5.91 Å². The number of hydrogen-bond donors (Lipinski definition) is 2. The van der Waals surface area contributed by atoms with Gasteiger partial charge in [-0.05, 0) is 37.3 Å². The van der Waals surface area contributed by atoms with E-state index < -0.39 is 10.8 Å². The standard InChI is InChI=1S/C18H26N4O4/c1-4-19-17(23)9-20-18(24)14-5-6-15(16(8-14)22(25)26)21-10-12(2)7-13(3)11-21/h5-6,8,12-13H,4,7,9-11H2,1-3H3,(H,19,23)(H,20,24). The minimum atomic E-state index is -0.508. The molecule has 0 saturated carbocycles. The molecule has 1 aromatic rings. The highest BCUT2D eigenvalue weighted by molar-refractivity contribution is 5.97. The second kappa shape index (κ2) is 8.64. The molecule has 0 spiro atoms. The van der Waals surface area contributed by atoms with Crippen molar-refractivity contribution in [3.05, 3.63) is 33.9 Å². The molecule has 0 radical (unpaired) electrons. The fourth-order valence-electron chi connectivity index (χ4n) is 3.46. The zero-order valence-electron chi connectivity index (χ0n) is 15.4. The summed E-state index contributed by atoms with van der Waals surface area (Å²) in [5, 5.41) is 16.6. The Hall–Kier alpha value is -2.64. The number of piperidine rings is 1. The summed E-state index contributed by atoms with van der Waals surface area (Å²) >= 11 is 0. The van der Waals surface area contributed by atoms with Crippen molar-refractivity contribution in [2.45, 2.75) is 27.2 Å². The van der Waals surface area contributed by atoms with E-state index in [0.717, 1.165) is 19.5 Å². The number of carbonyl (C=O) groups is 2. The summed E-state index contributed by atoms with van der Waals surface area (Å²) in [6.45, 7) is 7.88. The summed E-state index contributed by atoms with van der Waals surface area (Å²) in [5.41, 5.74) is 0.619. The van der Waals surface area contributed by atoms with Gasteiger partial charge in [-0.3, -0.25) is 19.7 Å². The van der Waals surface area contributed by atoms with Gasteiger partial charge in [0.25, 0.3) is 11.6 Å². The molecule has 2 rings (SSSR count). The summed E-state index contributed by atoms with van der Waals surface area (Å²) in [7, 11) is 0. The second-order valence-corrected chi connectivity index (χ2v) is 6.95. The third-order valence-corrected chi connectivity index (χ3v) is 4.43. The van der Waals surface area contributed by atoms with Crippen LogP contribution in [0.4, 0.5) is 11.4 Å². The third-order valence-electron chi connectivity index (χ3n) is 4.43. The van der Waals surface area contributed by atoms with E-state index in [9.17, 15) is 19.7 Å². The van der Waals surface area contributed by atoms with Gasteiger partial charge in [0.1, 0.15) is 5.69 Å². The van der Waals surface area contributed by atoms with Crippen LogP contribution in [0.3, 0.4) is 0 Å². The lowest BCUT2D eigenvalue weighted by molar-refractivity contribution is -0.384. The topological polar surface area (TPSA) is 105 Å². The molecule has 1 aliphatic rings. The fraction of sp³-hybridized carbons (Fsp3) is 0.556. The van der Waals surface area contributed by atoms with Crippen molar-refractivity contribution in [1.82, 2.24) is 10.6 Å². The first-order chi connectivity index (χ1) is 12.3. The van der Waals surface area contributed by atoms with Crippen molar-refractivity contribution in [3.8, 4) is 0 Å². The number of anilines is 1. The molecule has 0 bridgehead atoms. The number of hydrogen-bond acceptors (Lipinski definition) is 5. The normalized spacial score (nSPS) is 19.7. The van der Waals surface area contributed by atoms with Crippen LogP contribution in [-0.2, 0) is 4.79 Å². The number of benzene rings is 1. The zero-order chi connectivity index (χ0) is 19.3. The highest BCUT2D eigenvalue weighted by atomic mass is 16.6. The maximum Gasteiger partial charge on any atom is 0.293 e. The van der Waals surface area contributed by atoms with Gasteiger partial charge >= 0.3 is 0 Å². The molecule has 1 saturated heterocycles. The Balaban J connectivity index is 2.19. The van der Waals surface area contributed by atoms with E-state index in [2.05, 4.69) is 24.5 Å². The van der Waals surface area contributed by atoms with Crippen LogP contribution >= 0.6 is 0 Å². The molecule has 2 unspecified atom stereocenters. The summed E-state index contributed by atoms with van der Waals surface area (Å²) in [6.07, 6.45) is 1.10. The van der Waals surface area contributed by atoms with E-state index in [1.54, 1.807) is 19.1 Å². The predicted octanol–water partition coefficient (Wildman–Crippen LogP) is 1.94. The molecule has 8 nitrogen and oxygen atoms in total. The molecule has 1 heterocycles. The summed E-state index contributed by atoms with van der Waals surface area (Å²) < 4.78 is 0. The first kappa shape index (κ1) is 19.7. The van der Waals surface area contributed by atoms with E-state index in [-0.39, 0.29) is 23.7 Å². The van der Waals surface area contributed by atoms with Gasteiger partial charge in [-0.25, -0.2) is 0 Å². The largest absolute Gasteiger partial charge is 0.365 e. The second-order valence-electron chi connectivity index (χ2n) is 6.95. The Morgan fingerprint density at radius 1 is 1.23 bits per heavy atom. The van der Waals surface area contributed by atoms with Gasteiger partial charge in [0.15, 0.2) is 0 Å². The van der Waals surface area contributed by atoms with Crippen LogP contribution in [0.15, 0.2) is 18.2 Å². The predicted molar refractivity (Wildman–Crippen MR) is 99.3 cm³/mol. The molecule has 142 valence electrons. The molecule has 26 heavy (non-hydrogen) atoms. The number of nitrogens with zero attached hydrogens (tertiary/aromatic N) is 2. The molecule has 1 fully saturated rings. The minimum absolute atomic E-state index is 0.0861. The minimum Gasteiger partial charge on any atom is -0.365 e. The molecule has 2 atom stereocenters. The number of nitro groups is 1. The third kappa shape index (κ3) is 4.93. The van der Waals surface area contributed by atoms with Crippen molar-refractivity contribution < 1.29 is 14.5 Å². The number of rotatable bonds is 6. The number of carbonyl (C=O) groups excluding carboxylic acids is 2. The lowest BCUT2D eigenvalue weighted by Gasteiger charge is -2.36. The highest BCUT2D eigenvalue weighted by Gasteiger charge is 2.27. The summed E-state index contributed by atoms with van der Waals surface area (Å²) in [6, 6.07) is 4.48. The number of likely N-dealkylation sites (N-methyl/N-ethyl adjacent to an activating group) is 1. The van der Waals surface area contributed by atoms with Gasteiger partial charge in [0, 0.05) is 31.3 Å². The zero-order valence-corrected chi connectivity index (χ0v) is 15.4. The van der Waals surface area contributed by atoms with Crippen molar-refractivity contribution in [1.29, 1.82) is 0 Å². The van der Waals surface area contributed by atoms with E-state index in [0.29, 0.717) is 24.1 Å². The number of amides is 2. The molecule has 0 aliphatic carbocycles. The fourth-order valence-corrected chi connectivity index (χ4v) is 3.46. The van der Waals surface area contributed by atoms with E-state index in [4.69, 9.17) is 0 Å². The number of nitro benzene ring substituents is 1. The smallest absolute Gasteiger partial charge is 0.293 e. The maximum absolute atomic E-state index is 12.2. The summed E-state index contributed by atoms with van der Waals surface area (Å²) in [5.74, 6) is 0.103. The first-order valence-corrected chi connectivity index (χ1v) is 8.90. The maximum atomic E-state index is 12.2. The van der Waals surface area contributed by atoms with Crippen LogP contribution in [-0.4, -0.2) is 42.9 Å². The van der Waals surface area contributed by atoms with Crippen LogP contribution in [0.25, 0.3) is 0 Å². The van der Waals surface area contributed by atoms with Crippen molar-refractivity contribution in [2.75, 3.05) is 31.1 Å². The molecule has 2 N–H and O–H groups in total. The van der Waals surface area contributed by atoms with Crippen LogP contribution in [0.1, 0.15) is 37.6 Å². The van der Waals surface area contributed by atoms with Crippen LogP contribution in [0.2, 0.25) is 0 Å². The molecule has 1 aliphatic heterocycles. The lowest BCUT2D eigenvalue weighted by atomic mass is 9.91. The van der Waals surface area contributed by atoms with Crippen LogP contribution in [0.5, 0.6) is 0 Å².